The van der Waals surface area contributed by atoms with E-state index in [1.807, 2.05) is 21.7 Å². The molecule has 1 aromatic heterocycles. The standard InChI is InChI=1S/C18H24N2O3S/c21-16(19-9-13-1-2-13)15-10-20(17(22)14-3-8-24-11-14)12-18(15)4-6-23-7-5-18/h3,8,11,13,15H,1-2,4-7,9-10,12H2,(H,19,21)/t15-/m1/s1. The molecular weight excluding hydrogens is 324 g/mol. The summed E-state index contributed by atoms with van der Waals surface area (Å²) < 4.78 is 5.53. The molecule has 0 aromatic carbocycles. The van der Waals surface area contributed by atoms with Gasteiger partial charge in [0, 0.05) is 43.6 Å². The molecule has 1 aliphatic carbocycles. The molecule has 0 unspecified atom stereocenters. The van der Waals surface area contributed by atoms with Gasteiger partial charge in [-0.25, -0.2) is 0 Å². The molecular formula is C18H24N2O3S. The summed E-state index contributed by atoms with van der Waals surface area (Å²) >= 11 is 1.53. The monoisotopic (exact) mass is 348 g/mol. The number of thiophene rings is 1. The summed E-state index contributed by atoms with van der Waals surface area (Å²) in [4.78, 5) is 27.4. The molecule has 3 heterocycles. The van der Waals surface area contributed by atoms with E-state index in [0.717, 1.165) is 24.9 Å². The summed E-state index contributed by atoms with van der Waals surface area (Å²) in [6.07, 6.45) is 4.18. The first kappa shape index (κ1) is 16.1. The molecule has 1 N–H and O–H groups in total. The second-order valence-electron chi connectivity index (χ2n) is 7.41. The lowest BCUT2D eigenvalue weighted by Gasteiger charge is -2.37. The molecule has 4 rings (SSSR count). The first-order valence-electron chi connectivity index (χ1n) is 8.85. The summed E-state index contributed by atoms with van der Waals surface area (Å²) in [5.74, 6) is 0.747. The number of ether oxygens (including phenoxy) is 1. The van der Waals surface area contributed by atoms with Crippen molar-refractivity contribution in [2.75, 3.05) is 32.8 Å². The van der Waals surface area contributed by atoms with Gasteiger partial charge in [0.15, 0.2) is 0 Å². The van der Waals surface area contributed by atoms with Crippen LogP contribution in [0.2, 0.25) is 0 Å². The molecule has 6 heteroatoms. The summed E-state index contributed by atoms with van der Waals surface area (Å²) in [6.45, 7) is 3.37. The fourth-order valence-electron chi connectivity index (χ4n) is 4.03. The van der Waals surface area contributed by atoms with Crippen molar-refractivity contribution in [2.45, 2.75) is 25.7 Å². The zero-order valence-electron chi connectivity index (χ0n) is 13.8. The molecule has 1 saturated carbocycles. The van der Waals surface area contributed by atoms with Crippen molar-refractivity contribution in [3.63, 3.8) is 0 Å². The third kappa shape index (κ3) is 3.09. The number of hydrogen-bond donors (Lipinski definition) is 1. The van der Waals surface area contributed by atoms with Gasteiger partial charge in [0.2, 0.25) is 5.91 Å². The topological polar surface area (TPSA) is 58.6 Å². The van der Waals surface area contributed by atoms with Crippen LogP contribution in [0.1, 0.15) is 36.0 Å². The van der Waals surface area contributed by atoms with Crippen LogP contribution in [0, 0.1) is 17.3 Å². The Kier molecular flexibility index (Phi) is 4.35. The van der Waals surface area contributed by atoms with Gasteiger partial charge in [0.1, 0.15) is 0 Å². The van der Waals surface area contributed by atoms with E-state index in [1.54, 1.807) is 0 Å². The Morgan fingerprint density at radius 3 is 2.79 bits per heavy atom. The van der Waals surface area contributed by atoms with E-state index in [2.05, 4.69) is 5.32 Å². The van der Waals surface area contributed by atoms with Gasteiger partial charge in [-0.05, 0) is 43.0 Å². The normalized spacial score (nSPS) is 25.8. The molecule has 1 atom stereocenters. The van der Waals surface area contributed by atoms with Crippen LogP contribution < -0.4 is 5.32 Å². The molecule has 1 spiro atoms. The Bertz CT molecular complexity index is 606. The molecule has 24 heavy (non-hydrogen) atoms. The Morgan fingerprint density at radius 2 is 2.12 bits per heavy atom. The van der Waals surface area contributed by atoms with Gasteiger partial charge in [-0.3, -0.25) is 9.59 Å². The number of amides is 2. The van der Waals surface area contributed by atoms with Crippen LogP contribution in [-0.4, -0.2) is 49.6 Å². The maximum Gasteiger partial charge on any atom is 0.254 e. The lowest BCUT2D eigenvalue weighted by molar-refractivity contribution is -0.129. The van der Waals surface area contributed by atoms with E-state index in [4.69, 9.17) is 4.74 Å². The summed E-state index contributed by atoms with van der Waals surface area (Å²) in [5, 5.41) is 6.95. The maximum atomic E-state index is 12.8. The van der Waals surface area contributed by atoms with Gasteiger partial charge in [0.25, 0.3) is 5.91 Å². The number of carbonyl (C=O) groups is 2. The summed E-state index contributed by atoms with van der Waals surface area (Å²) in [7, 11) is 0. The van der Waals surface area contributed by atoms with Crippen molar-refractivity contribution in [2.24, 2.45) is 17.3 Å². The number of hydrogen-bond acceptors (Lipinski definition) is 4. The average molecular weight is 348 g/mol. The van der Waals surface area contributed by atoms with E-state index in [0.29, 0.717) is 32.2 Å². The lowest BCUT2D eigenvalue weighted by atomic mass is 9.71. The van der Waals surface area contributed by atoms with E-state index in [9.17, 15) is 9.59 Å². The summed E-state index contributed by atoms with van der Waals surface area (Å²) in [5.41, 5.74) is 0.624. The van der Waals surface area contributed by atoms with Gasteiger partial charge < -0.3 is 15.0 Å². The van der Waals surface area contributed by atoms with Crippen molar-refractivity contribution in [3.05, 3.63) is 22.4 Å². The van der Waals surface area contributed by atoms with Crippen molar-refractivity contribution in [1.29, 1.82) is 0 Å². The van der Waals surface area contributed by atoms with Crippen molar-refractivity contribution >= 4 is 23.2 Å². The average Bonchev–Trinajstić information content (AvgIpc) is 3.13. The second-order valence-corrected chi connectivity index (χ2v) is 8.19. The van der Waals surface area contributed by atoms with Crippen LogP contribution >= 0.6 is 11.3 Å². The second kappa shape index (κ2) is 6.48. The van der Waals surface area contributed by atoms with Gasteiger partial charge in [0.05, 0.1) is 11.5 Å². The number of rotatable bonds is 4. The van der Waals surface area contributed by atoms with E-state index >= 15 is 0 Å². The lowest BCUT2D eigenvalue weighted by Crippen LogP contribution is -2.44. The summed E-state index contributed by atoms with van der Waals surface area (Å²) in [6, 6.07) is 1.87. The van der Waals surface area contributed by atoms with Crippen LogP contribution in [0.15, 0.2) is 16.8 Å². The zero-order valence-corrected chi connectivity index (χ0v) is 14.6. The van der Waals surface area contributed by atoms with Crippen LogP contribution in [-0.2, 0) is 9.53 Å². The predicted octanol–water partition coefficient (Wildman–Crippen LogP) is 2.14. The molecule has 3 fully saturated rings. The van der Waals surface area contributed by atoms with Crippen molar-refractivity contribution < 1.29 is 14.3 Å². The molecule has 5 nitrogen and oxygen atoms in total. The number of likely N-dealkylation sites (tertiary alicyclic amines) is 1. The highest BCUT2D eigenvalue weighted by molar-refractivity contribution is 7.08. The van der Waals surface area contributed by atoms with Crippen LogP contribution in [0.3, 0.4) is 0 Å². The molecule has 3 aliphatic rings. The number of nitrogens with zero attached hydrogens (tertiary/aromatic N) is 1. The van der Waals surface area contributed by atoms with E-state index in [-0.39, 0.29) is 23.1 Å². The minimum absolute atomic E-state index is 0.0552. The van der Waals surface area contributed by atoms with E-state index in [1.165, 1.54) is 24.2 Å². The van der Waals surface area contributed by atoms with E-state index < -0.39 is 0 Å². The van der Waals surface area contributed by atoms with Crippen LogP contribution in [0.4, 0.5) is 0 Å². The quantitative estimate of drug-likeness (QED) is 0.907. The van der Waals surface area contributed by atoms with Crippen LogP contribution in [0.5, 0.6) is 0 Å². The molecule has 0 radical (unpaired) electrons. The number of carbonyl (C=O) groups excluding carboxylic acids is 2. The van der Waals surface area contributed by atoms with Gasteiger partial charge >= 0.3 is 0 Å². The maximum absolute atomic E-state index is 12.8. The Hall–Kier alpha value is -1.40. The smallest absolute Gasteiger partial charge is 0.254 e. The number of nitrogens with one attached hydrogen (secondary N) is 1. The molecule has 1 aromatic rings. The highest BCUT2D eigenvalue weighted by Crippen LogP contribution is 2.45. The molecule has 2 aliphatic heterocycles. The van der Waals surface area contributed by atoms with Crippen LogP contribution in [0.25, 0.3) is 0 Å². The minimum atomic E-state index is -0.114. The van der Waals surface area contributed by atoms with Crippen molar-refractivity contribution in [1.82, 2.24) is 10.2 Å². The Labute approximate surface area is 146 Å². The highest BCUT2D eigenvalue weighted by Gasteiger charge is 2.51. The van der Waals surface area contributed by atoms with Gasteiger partial charge in [-0.15, -0.1) is 0 Å². The van der Waals surface area contributed by atoms with Gasteiger partial charge in [-0.2, -0.15) is 11.3 Å². The fraction of sp³-hybridized carbons (Fsp3) is 0.667. The Morgan fingerprint density at radius 1 is 1.33 bits per heavy atom. The molecule has 2 saturated heterocycles. The zero-order chi connectivity index (χ0) is 16.6. The largest absolute Gasteiger partial charge is 0.381 e. The SMILES string of the molecule is O=C(NCC1CC1)[C@H]1CN(C(=O)c2ccsc2)CC12CCOCC2. The van der Waals surface area contributed by atoms with Crippen molar-refractivity contribution in [3.8, 4) is 0 Å². The Balaban J connectivity index is 1.50. The highest BCUT2D eigenvalue weighted by atomic mass is 32.1. The first-order chi connectivity index (χ1) is 11.7. The molecule has 130 valence electrons. The van der Waals surface area contributed by atoms with Gasteiger partial charge in [-0.1, -0.05) is 0 Å². The third-order valence-corrected chi connectivity index (χ3v) is 6.45. The fourth-order valence-corrected chi connectivity index (χ4v) is 4.66. The minimum Gasteiger partial charge on any atom is -0.381 e. The molecule has 2 amide bonds. The molecule has 0 bridgehead atoms. The first-order valence-corrected chi connectivity index (χ1v) is 9.79. The third-order valence-electron chi connectivity index (χ3n) is 5.77. The predicted molar refractivity (Wildman–Crippen MR) is 91.9 cm³/mol.